The quantitative estimate of drug-likeness (QED) is 0.444. The molecule has 0 saturated carbocycles. The van der Waals surface area contributed by atoms with Gasteiger partial charge in [-0.05, 0) is 48.6 Å². The lowest BCUT2D eigenvalue weighted by Gasteiger charge is -2.31. The molecule has 1 heterocycles. The van der Waals surface area contributed by atoms with Crippen molar-refractivity contribution < 1.29 is 18.0 Å². The molecule has 1 aliphatic heterocycles. The zero-order valence-electron chi connectivity index (χ0n) is 18.0. The highest BCUT2D eigenvalue weighted by atomic mass is 19.4. The Bertz CT molecular complexity index is 1240. The van der Waals surface area contributed by atoms with E-state index in [-0.39, 0.29) is 23.7 Å². The van der Waals surface area contributed by atoms with E-state index in [1.54, 1.807) is 6.07 Å². The SMILES string of the molecule is Cc1ccc([C@H]2CC(=O)C3=C(C2)Nc2ccccc2N[C@H]3c2ccccc2C(F)(F)F)cc1. The second kappa shape index (κ2) is 8.10. The minimum Gasteiger partial charge on any atom is -0.372 e. The Balaban J connectivity index is 1.65. The van der Waals surface area contributed by atoms with Gasteiger partial charge >= 0.3 is 6.18 Å². The van der Waals surface area contributed by atoms with Crippen LogP contribution in [0.3, 0.4) is 0 Å². The lowest BCUT2D eigenvalue weighted by atomic mass is 9.78. The molecule has 3 aromatic rings. The zero-order valence-corrected chi connectivity index (χ0v) is 18.0. The zero-order chi connectivity index (χ0) is 23.2. The molecule has 3 nitrogen and oxygen atoms in total. The summed E-state index contributed by atoms with van der Waals surface area (Å²) in [5.74, 6) is -0.176. The first-order chi connectivity index (χ1) is 15.8. The third-order valence-corrected chi connectivity index (χ3v) is 6.43. The summed E-state index contributed by atoms with van der Waals surface area (Å²) < 4.78 is 41.7. The summed E-state index contributed by atoms with van der Waals surface area (Å²) in [5, 5.41) is 6.61. The fourth-order valence-corrected chi connectivity index (χ4v) is 4.81. The number of para-hydroxylation sites is 2. The summed E-state index contributed by atoms with van der Waals surface area (Å²) in [6, 6.07) is 20.0. The van der Waals surface area contributed by atoms with Gasteiger partial charge in [-0.2, -0.15) is 13.2 Å². The molecular formula is C27H23F3N2O. The molecule has 0 amide bonds. The van der Waals surface area contributed by atoms with Gasteiger partial charge in [-0.1, -0.05) is 60.2 Å². The van der Waals surface area contributed by atoms with Crippen molar-refractivity contribution in [3.8, 4) is 0 Å². The van der Waals surface area contributed by atoms with E-state index in [1.807, 2.05) is 55.5 Å². The van der Waals surface area contributed by atoms with E-state index in [9.17, 15) is 18.0 Å². The molecule has 0 bridgehead atoms. The molecule has 6 heteroatoms. The van der Waals surface area contributed by atoms with E-state index < -0.39 is 17.8 Å². The maximum Gasteiger partial charge on any atom is 0.416 e. The summed E-state index contributed by atoms with van der Waals surface area (Å²) in [4.78, 5) is 13.5. The molecule has 168 valence electrons. The standard InChI is InChI=1S/C27H23F3N2O/c1-16-10-12-17(13-11-16)18-14-23-25(24(33)15-18)26(32-22-9-5-4-8-21(22)31-23)19-6-2-3-7-20(19)27(28,29)30/h2-13,18,26,31-32H,14-15H2,1H3/t18-,26+/m1/s1. The van der Waals surface area contributed by atoms with Gasteiger partial charge in [-0.3, -0.25) is 4.79 Å². The monoisotopic (exact) mass is 448 g/mol. The second-order valence-corrected chi connectivity index (χ2v) is 8.66. The van der Waals surface area contributed by atoms with Crippen molar-refractivity contribution in [3.05, 3.63) is 106 Å². The first-order valence-electron chi connectivity index (χ1n) is 10.9. The van der Waals surface area contributed by atoms with Gasteiger partial charge in [0.05, 0.1) is 23.0 Å². The Kier molecular flexibility index (Phi) is 5.23. The Hall–Kier alpha value is -3.54. The average molecular weight is 448 g/mol. The molecule has 33 heavy (non-hydrogen) atoms. The van der Waals surface area contributed by atoms with Gasteiger partial charge < -0.3 is 10.6 Å². The van der Waals surface area contributed by atoms with Gasteiger partial charge in [-0.25, -0.2) is 0 Å². The predicted molar refractivity (Wildman–Crippen MR) is 123 cm³/mol. The normalized spacial score (nSPS) is 20.3. The van der Waals surface area contributed by atoms with Crippen LogP contribution in [0.2, 0.25) is 0 Å². The molecule has 2 N–H and O–H groups in total. The highest BCUT2D eigenvalue weighted by Crippen LogP contribution is 2.46. The number of hydrogen-bond donors (Lipinski definition) is 2. The number of alkyl halides is 3. The van der Waals surface area contributed by atoms with Crippen molar-refractivity contribution in [2.45, 2.75) is 37.9 Å². The van der Waals surface area contributed by atoms with Gasteiger partial charge in [-0.15, -0.1) is 0 Å². The number of halogens is 3. The third-order valence-electron chi connectivity index (χ3n) is 6.43. The van der Waals surface area contributed by atoms with Gasteiger partial charge in [0.15, 0.2) is 5.78 Å². The van der Waals surface area contributed by atoms with Crippen molar-refractivity contribution in [1.29, 1.82) is 0 Å². The number of Topliss-reactive ketones (excluding diaryl/α,β-unsaturated/α-hetero) is 1. The van der Waals surface area contributed by atoms with E-state index in [2.05, 4.69) is 10.6 Å². The number of anilines is 2. The number of aryl methyl sites for hydroxylation is 1. The van der Waals surface area contributed by atoms with Gasteiger partial charge in [0.25, 0.3) is 0 Å². The van der Waals surface area contributed by atoms with Crippen LogP contribution in [-0.2, 0) is 11.0 Å². The summed E-state index contributed by atoms with van der Waals surface area (Å²) in [5.41, 5.74) is 3.97. The number of ketones is 1. The van der Waals surface area contributed by atoms with Crippen LogP contribution in [0, 0.1) is 6.92 Å². The largest absolute Gasteiger partial charge is 0.416 e. The number of carbonyl (C=O) groups excluding carboxylic acids is 1. The number of nitrogens with one attached hydrogen (secondary N) is 2. The molecule has 0 spiro atoms. The number of carbonyl (C=O) groups is 1. The summed E-state index contributed by atoms with van der Waals surface area (Å²) in [6.07, 6.45) is -3.72. The number of benzene rings is 3. The summed E-state index contributed by atoms with van der Waals surface area (Å²) in [7, 11) is 0. The van der Waals surface area contributed by atoms with Crippen molar-refractivity contribution >= 4 is 17.2 Å². The molecule has 0 saturated heterocycles. The van der Waals surface area contributed by atoms with E-state index in [0.717, 1.165) is 22.9 Å². The minimum atomic E-state index is -4.53. The van der Waals surface area contributed by atoms with Crippen LogP contribution in [0.15, 0.2) is 84.1 Å². The Labute approximate surface area is 190 Å². The predicted octanol–water partition coefficient (Wildman–Crippen LogP) is 6.99. The fraction of sp³-hybridized carbons (Fsp3) is 0.222. The lowest BCUT2D eigenvalue weighted by Crippen LogP contribution is -2.28. The molecule has 5 rings (SSSR count). The second-order valence-electron chi connectivity index (χ2n) is 8.66. The smallest absolute Gasteiger partial charge is 0.372 e. The molecule has 1 aliphatic carbocycles. The lowest BCUT2D eigenvalue weighted by molar-refractivity contribution is -0.138. The summed E-state index contributed by atoms with van der Waals surface area (Å²) in [6.45, 7) is 2.01. The highest BCUT2D eigenvalue weighted by molar-refractivity contribution is 6.01. The van der Waals surface area contributed by atoms with Crippen LogP contribution in [0.1, 0.15) is 47.1 Å². The van der Waals surface area contributed by atoms with Crippen LogP contribution >= 0.6 is 0 Å². The molecule has 2 aliphatic rings. The van der Waals surface area contributed by atoms with Crippen LogP contribution in [-0.4, -0.2) is 5.78 Å². The Morgan fingerprint density at radius 3 is 2.24 bits per heavy atom. The number of fused-ring (bicyclic) bond motifs is 1. The molecule has 3 aromatic carbocycles. The maximum absolute atomic E-state index is 13.9. The van der Waals surface area contributed by atoms with Crippen molar-refractivity contribution in [2.24, 2.45) is 0 Å². The Morgan fingerprint density at radius 1 is 0.848 bits per heavy atom. The van der Waals surface area contributed by atoms with Crippen molar-refractivity contribution in [1.82, 2.24) is 0 Å². The average Bonchev–Trinajstić information content (AvgIpc) is 2.96. The van der Waals surface area contributed by atoms with Crippen molar-refractivity contribution in [2.75, 3.05) is 10.6 Å². The molecule has 0 aromatic heterocycles. The molecule has 0 radical (unpaired) electrons. The molecule has 2 atom stereocenters. The maximum atomic E-state index is 13.9. The van der Waals surface area contributed by atoms with E-state index >= 15 is 0 Å². The topological polar surface area (TPSA) is 41.1 Å². The first-order valence-corrected chi connectivity index (χ1v) is 10.9. The highest BCUT2D eigenvalue weighted by Gasteiger charge is 2.40. The van der Waals surface area contributed by atoms with Gasteiger partial charge in [0, 0.05) is 17.7 Å². The third kappa shape index (κ3) is 4.01. The minimum absolute atomic E-state index is 0.0341. The molecule has 0 unspecified atom stereocenters. The van der Waals surface area contributed by atoms with Crippen LogP contribution in [0.5, 0.6) is 0 Å². The van der Waals surface area contributed by atoms with Crippen molar-refractivity contribution in [3.63, 3.8) is 0 Å². The number of rotatable bonds is 2. The van der Waals surface area contributed by atoms with Gasteiger partial charge in [0.1, 0.15) is 0 Å². The number of hydrogen-bond acceptors (Lipinski definition) is 3. The number of allylic oxidation sites excluding steroid dienone is 1. The van der Waals surface area contributed by atoms with Crippen LogP contribution < -0.4 is 10.6 Å². The summed E-state index contributed by atoms with van der Waals surface area (Å²) >= 11 is 0. The van der Waals surface area contributed by atoms with Crippen LogP contribution in [0.4, 0.5) is 24.5 Å². The van der Waals surface area contributed by atoms with E-state index in [1.165, 1.54) is 12.1 Å². The van der Waals surface area contributed by atoms with Crippen LogP contribution in [0.25, 0.3) is 0 Å². The molecule has 0 fully saturated rings. The fourth-order valence-electron chi connectivity index (χ4n) is 4.81. The first kappa shape index (κ1) is 21.3. The molecular weight excluding hydrogens is 425 g/mol. The van der Waals surface area contributed by atoms with Gasteiger partial charge in [0.2, 0.25) is 0 Å². The Morgan fingerprint density at radius 2 is 1.52 bits per heavy atom. The van der Waals surface area contributed by atoms with E-state index in [4.69, 9.17) is 0 Å². The van der Waals surface area contributed by atoms with E-state index in [0.29, 0.717) is 23.4 Å².